The Morgan fingerprint density at radius 1 is 1.42 bits per heavy atom. The number of aromatic nitrogens is 3. The maximum absolute atomic E-state index is 13.1. The van der Waals surface area contributed by atoms with Crippen molar-refractivity contribution in [3.8, 4) is 0 Å². The lowest BCUT2D eigenvalue weighted by molar-refractivity contribution is 0.552. The topological polar surface area (TPSA) is 64.8 Å². The van der Waals surface area contributed by atoms with Crippen LogP contribution in [-0.2, 0) is 29.1 Å². The summed E-state index contributed by atoms with van der Waals surface area (Å²) in [6, 6.07) is 4.33. The highest BCUT2D eigenvalue weighted by Gasteiger charge is 2.29. The Morgan fingerprint density at radius 2 is 2.21 bits per heavy atom. The number of rotatable bonds is 5. The molecule has 3 rings (SSSR count). The van der Waals surface area contributed by atoms with Crippen molar-refractivity contribution in [2.45, 2.75) is 23.8 Å². The molecule has 130 valence electrons. The smallest absolute Gasteiger partial charge is 0.191 e. The Bertz CT molecular complexity index is 854. The van der Waals surface area contributed by atoms with Crippen molar-refractivity contribution in [1.29, 1.82) is 0 Å². The number of thioether (sulfide) groups is 1. The molecule has 1 fully saturated rings. The minimum absolute atomic E-state index is 0.113. The third-order valence-electron chi connectivity index (χ3n) is 4.09. The molecule has 1 aliphatic rings. The highest BCUT2D eigenvalue weighted by atomic mass is 35.5. The summed E-state index contributed by atoms with van der Waals surface area (Å²) in [7, 11) is -1.02. The zero-order valence-electron chi connectivity index (χ0n) is 13.1. The van der Waals surface area contributed by atoms with Gasteiger partial charge in [0, 0.05) is 24.2 Å². The second-order valence-corrected chi connectivity index (χ2v) is 9.53. The molecule has 0 radical (unpaired) electrons. The molecule has 0 N–H and O–H groups in total. The molecule has 1 saturated heterocycles. The first-order chi connectivity index (χ1) is 11.3. The molecular weight excluding hydrogens is 373 g/mol. The van der Waals surface area contributed by atoms with Gasteiger partial charge in [0.25, 0.3) is 0 Å². The van der Waals surface area contributed by atoms with Gasteiger partial charge in [0.2, 0.25) is 0 Å². The molecule has 0 saturated carbocycles. The number of benzene rings is 1. The maximum atomic E-state index is 13.1. The van der Waals surface area contributed by atoms with Crippen LogP contribution in [0.1, 0.15) is 17.8 Å². The van der Waals surface area contributed by atoms with Gasteiger partial charge in [-0.1, -0.05) is 29.4 Å². The molecule has 1 aromatic carbocycles. The van der Waals surface area contributed by atoms with Crippen LogP contribution in [-0.4, -0.2) is 34.7 Å². The zero-order chi connectivity index (χ0) is 17.3. The predicted octanol–water partition coefficient (Wildman–Crippen LogP) is 2.88. The minimum Gasteiger partial charge on any atom is -0.309 e. The standard InChI is InChI=1S/C15H17ClFN3O2S2/c1-20-14(6-10-4-5-24(21,22)9-10)18-19-15(20)23-8-11-2-3-12(17)7-13(11)16/h2-3,7,10H,4-6,8-9H2,1H3/t10-/m1/s1. The molecule has 0 aliphatic carbocycles. The van der Waals surface area contributed by atoms with E-state index in [0.29, 0.717) is 23.6 Å². The molecular formula is C15H17ClFN3O2S2. The van der Waals surface area contributed by atoms with Crippen molar-refractivity contribution in [1.82, 2.24) is 14.8 Å². The van der Waals surface area contributed by atoms with Crippen LogP contribution in [0, 0.1) is 11.7 Å². The summed E-state index contributed by atoms with van der Waals surface area (Å²) in [4.78, 5) is 0. The lowest BCUT2D eigenvalue weighted by Gasteiger charge is -2.08. The van der Waals surface area contributed by atoms with Crippen molar-refractivity contribution in [2.75, 3.05) is 11.5 Å². The Kier molecular flexibility index (Phi) is 5.17. The summed E-state index contributed by atoms with van der Waals surface area (Å²) in [5.41, 5.74) is 0.828. The molecule has 9 heteroatoms. The largest absolute Gasteiger partial charge is 0.309 e. The van der Waals surface area contributed by atoms with Crippen molar-refractivity contribution in [3.05, 3.63) is 40.4 Å². The van der Waals surface area contributed by atoms with Crippen molar-refractivity contribution < 1.29 is 12.8 Å². The molecule has 1 aromatic heterocycles. The molecule has 24 heavy (non-hydrogen) atoms. The number of nitrogens with zero attached hydrogens (tertiary/aromatic N) is 3. The monoisotopic (exact) mass is 389 g/mol. The van der Waals surface area contributed by atoms with Gasteiger partial charge in [0.15, 0.2) is 15.0 Å². The predicted molar refractivity (Wildman–Crippen MR) is 92.4 cm³/mol. The van der Waals surface area contributed by atoms with Gasteiger partial charge >= 0.3 is 0 Å². The average Bonchev–Trinajstić information content (AvgIpc) is 3.02. The summed E-state index contributed by atoms with van der Waals surface area (Å²) in [5, 5.41) is 9.46. The summed E-state index contributed by atoms with van der Waals surface area (Å²) in [6.45, 7) is 0. The van der Waals surface area contributed by atoms with Gasteiger partial charge in [-0.05, 0) is 30.0 Å². The van der Waals surface area contributed by atoms with Crippen LogP contribution in [0.2, 0.25) is 5.02 Å². The fourth-order valence-corrected chi connectivity index (χ4v) is 5.83. The number of hydrogen-bond acceptors (Lipinski definition) is 5. The summed E-state index contributed by atoms with van der Waals surface area (Å²) >= 11 is 7.49. The van der Waals surface area contributed by atoms with Crippen LogP contribution in [0.15, 0.2) is 23.4 Å². The van der Waals surface area contributed by atoms with E-state index in [9.17, 15) is 12.8 Å². The fourth-order valence-electron chi connectivity index (χ4n) is 2.72. The maximum Gasteiger partial charge on any atom is 0.191 e. The lowest BCUT2D eigenvalue weighted by Crippen LogP contribution is -2.11. The van der Waals surface area contributed by atoms with E-state index in [0.717, 1.165) is 16.5 Å². The SMILES string of the molecule is Cn1c(C[C@H]2CCS(=O)(=O)C2)nnc1SCc1ccc(F)cc1Cl. The van der Waals surface area contributed by atoms with E-state index >= 15 is 0 Å². The second-order valence-electron chi connectivity index (χ2n) is 5.96. The van der Waals surface area contributed by atoms with Crippen molar-refractivity contribution in [3.63, 3.8) is 0 Å². The first-order valence-corrected chi connectivity index (χ1v) is 10.7. The molecule has 5 nitrogen and oxygen atoms in total. The zero-order valence-corrected chi connectivity index (χ0v) is 15.5. The third-order valence-corrected chi connectivity index (χ3v) is 7.35. The number of halogens is 2. The molecule has 1 aliphatic heterocycles. The van der Waals surface area contributed by atoms with E-state index in [4.69, 9.17) is 11.6 Å². The van der Waals surface area contributed by atoms with Gasteiger partial charge in [0.05, 0.1) is 11.5 Å². The first kappa shape index (κ1) is 17.7. The Morgan fingerprint density at radius 3 is 2.88 bits per heavy atom. The van der Waals surface area contributed by atoms with Crippen LogP contribution < -0.4 is 0 Å². The summed E-state index contributed by atoms with van der Waals surface area (Å²) in [6.07, 6.45) is 1.30. The third kappa shape index (κ3) is 4.10. The van der Waals surface area contributed by atoms with E-state index in [-0.39, 0.29) is 23.2 Å². The molecule has 0 amide bonds. The van der Waals surface area contributed by atoms with Crippen LogP contribution in [0.25, 0.3) is 0 Å². The van der Waals surface area contributed by atoms with Gasteiger partial charge in [-0.2, -0.15) is 0 Å². The van der Waals surface area contributed by atoms with Gasteiger partial charge in [0.1, 0.15) is 11.6 Å². The van der Waals surface area contributed by atoms with Crippen molar-refractivity contribution in [2.24, 2.45) is 13.0 Å². The lowest BCUT2D eigenvalue weighted by atomic mass is 10.1. The Hall–Kier alpha value is -1.12. The van der Waals surface area contributed by atoms with Crippen LogP contribution >= 0.6 is 23.4 Å². The summed E-state index contributed by atoms with van der Waals surface area (Å²) in [5.74, 6) is 1.59. The molecule has 0 spiro atoms. The normalized spacial score (nSPS) is 19.7. The van der Waals surface area contributed by atoms with E-state index in [1.807, 2.05) is 11.6 Å². The fraction of sp³-hybridized carbons (Fsp3) is 0.467. The first-order valence-electron chi connectivity index (χ1n) is 7.49. The van der Waals surface area contributed by atoms with Crippen LogP contribution in [0.4, 0.5) is 4.39 Å². The molecule has 1 atom stereocenters. The average molecular weight is 390 g/mol. The van der Waals surface area contributed by atoms with E-state index < -0.39 is 9.84 Å². The van der Waals surface area contributed by atoms with Gasteiger partial charge < -0.3 is 4.57 Å². The van der Waals surface area contributed by atoms with Gasteiger partial charge in [-0.15, -0.1) is 10.2 Å². The highest BCUT2D eigenvalue weighted by Crippen LogP contribution is 2.27. The Labute approximate surface area is 149 Å². The second kappa shape index (κ2) is 7.01. The van der Waals surface area contributed by atoms with Crippen molar-refractivity contribution >= 4 is 33.2 Å². The molecule has 2 heterocycles. The van der Waals surface area contributed by atoms with E-state index in [1.54, 1.807) is 6.07 Å². The molecule has 2 aromatic rings. The van der Waals surface area contributed by atoms with Gasteiger partial charge in [-0.25, -0.2) is 12.8 Å². The van der Waals surface area contributed by atoms with Crippen LogP contribution in [0.3, 0.4) is 0 Å². The Balaban J connectivity index is 1.64. The quantitative estimate of drug-likeness (QED) is 0.735. The van der Waals surface area contributed by atoms with E-state index in [2.05, 4.69) is 10.2 Å². The van der Waals surface area contributed by atoms with Crippen LogP contribution in [0.5, 0.6) is 0 Å². The number of hydrogen-bond donors (Lipinski definition) is 0. The number of sulfone groups is 1. The summed E-state index contributed by atoms with van der Waals surface area (Å²) < 4.78 is 38.0. The minimum atomic E-state index is -2.88. The highest BCUT2D eigenvalue weighted by molar-refractivity contribution is 7.98. The molecule has 0 bridgehead atoms. The van der Waals surface area contributed by atoms with Gasteiger partial charge in [-0.3, -0.25) is 0 Å². The molecule has 0 unspecified atom stereocenters. The van der Waals surface area contributed by atoms with E-state index in [1.165, 1.54) is 23.9 Å².